The molecule has 0 saturated heterocycles. The first kappa shape index (κ1) is 27.4. The first-order valence-electron chi connectivity index (χ1n) is 13.4. The van der Waals surface area contributed by atoms with Crippen molar-refractivity contribution in [3.8, 4) is 17.3 Å². The molecule has 0 aliphatic heterocycles. The Bertz CT molecular complexity index is 2050. The van der Waals surface area contributed by atoms with Crippen LogP contribution in [0.1, 0.15) is 24.1 Å². The van der Waals surface area contributed by atoms with Gasteiger partial charge in [0.25, 0.3) is 10.0 Å². The fraction of sp³-hybridized carbons (Fsp3) is 0.125. The monoisotopic (exact) mass is 590 g/mol. The third-order valence-corrected chi connectivity index (χ3v) is 9.28. The van der Waals surface area contributed by atoms with Gasteiger partial charge in [0, 0.05) is 17.3 Å². The number of anilines is 1. The molecule has 0 aliphatic rings. The molecule has 0 atom stereocenters. The Morgan fingerprint density at radius 3 is 2.52 bits per heavy atom. The highest BCUT2D eigenvalue weighted by Gasteiger charge is 2.23. The van der Waals surface area contributed by atoms with Gasteiger partial charge in [-0.25, -0.2) is 8.42 Å². The van der Waals surface area contributed by atoms with Crippen molar-refractivity contribution in [2.45, 2.75) is 29.2 Å². The summed E-state index contributed by atoms with van der Waals surface area (Å²) in [6, 6.07) is 30.2. The van der Waals surface area contributed by atoms with Crippen LogP contribution in [0.4, 0.5) is 5.82 Å². The van der Waals surface area contributed by atoms with Crippen LogP contribution >= 0.6 is 11.8 Å². The van der Waals surface area contributed by atoms with E-state index < -0.39 is 10.0 Å². The highest BCUT2D eigenvalue weighted by atomic mass is 32.2. The first-order valence-corrected chi connectivity index (χ1v) is 15.9. The molecule has 0 radical (unpaired) electrons. The van der Waals surface area contributed by atoms with Crippen LogP contribution in [0.25, 0.3) is 32.9 Å². The van der Waals surface area contributed by atoms with Crippen molar-refractivity contribution in [1.82, 2.24) is 20.2 Å². The highest BCUT2D eigenvalue weighted by Crippen LogP contribution is 2.36. The van der Waals surface area contributed by atoms with Crippen LogP contribution in [0, 0.1) is 11.3 Å². The van der Waals surface area contributed by atoms with Crippen molar-refractivity contribution < 1.29 is 8.42 Å². The van der Waals surface area contributed by atoms with Crippen LogP contribution in [0.3, 0.4) is 0 Å². The second-order valence-electron chi connectivity index (χ2n) is 9.74. The molecule has 3 heterocycles. The number of hydrogen-bond acceptors (Lipinski definition) is 7. The summed E-state index contributed by atoms with van der Waals surface area (Å²) in [5, 5.41) is 20.3. The average Bonchev–Trinajstić information content (AvgIpc) is 3.41. The van der Waals surface area contributed by atoms with Gasteiger partial charge < -0.3 is 0 Å². The Morgan fingerprint density at radius 2 is 1.67 bits per heavy atom. The molecular formula is C32H26N6O2S2. The van der Waals surface area contributed by atoms with Crippen molar-refractivity contribution in [2.75, 3.05) is 10.5 Å². The molecule has 8 nitrogen and oxygen atoms in total. The number of hydrogen-bond donors (Lipinski definition) is 2. The number of nitrogens with zero attached hydrogens (tertiary/aromatic N) is 4. The maximum absolute atomic E-state index is 13.4. The van der Waals surface area contributed by atoms with Crippen LogP contribution in [-0.2, 0) is 16.4 Å². The molecule has 0 bridgehead atoms. The molecule has 0 unspecified atom stereocenters. The van der Waals surface area contributed by atoms with E-state index in [0.717, 1.165) is 52.4 Å². The Hall–Kier alpha value is -4.72. The molecule has 208 valence electrons. The number of unbranched alkanes of at least 4 members (excludes halogenated alkanes) is 1. The van der Waals surface area contributed by atoms with Crippen LogP contribution in [0.15, 0.2) is 107 Å². The first-order chi connectivity index (χ1) is 20.5. The molecule has 42 heavy (non-hydrogen) atoms. The number of para-hydroxylation sites is 1. The second kappa shape index (κ2) is 12.0. The summed E-state index contributed by atoms with van der Waals surface area (Å²) in [7, 11) is -3.94. The number of thioether (sulfide) groups is 1. The minimum absolute atomic E-state index is 0.136. The van der Waals surface area contributed by atoms with Crippen molar-refractivity contribution >= 4 is 49.3 Å². The summed E-state index contributed by atoms with van der Waals surface area (Å²) in [6.45, 7) is 0. The largest absolute Gasteiger partial charge is 0.263 e. The number of rotatable bonds is 10. The maximum atomic E-state index is 13.4. The van der Waals surface area contributed by atoms with E-state index in [1.54, 1.807) is 30.3 Å². The van der Waals surface area contributed by atoms with Gasteiger partial charge in [-0.1, -0.05) is 54.6 Å². The molecule has 0 spiro atoms. The lowest BCUT2D eigenvalue weighted by atomic mass is 10.1. The Balaban J connectivity index is 1.20. The van der Waals surface area contributed by atoms with Crippen molar-refractivity contribution in [3.63, 3.8) is 0 Å². The van der Waals surface area contributed by atoms with Crippen molar-refractivity contribution in [3.05, 3.63) is 108 Å². The fourth-order valence-corrected chi connectivity index (χ4v) is 6.80. The summed E-state index contributed by atoms with van der Waals surface area (Å²) in [4.78, 5) is 9.33. The number of nitrogens with one attached hydrogen (secondary N) is 2. The third-order valence-electron chi connectivity index (χ3n) is 6.87. The highest BCUT2D eigenvalue weighted by molar-refractivity contribution is 7.99. The summed E-state index contributed by atoms with van der Waals surface area (Å²) in [6.07, 6.45) is 4.26. The molecule has 3 aromatic heterocycles. The van der Waals surface area contributed by atoms with Crippen molar-refractivity contribution in [1.29, 1.82) is 5.26 Å². The zero-order valence-electron chi connectivity index (χ0n) is 22.5. The number of nitriles is 1. The standard InChI is InChI=1S/C32H26N6O2S2/c33-21-22-16-17-34-29(19-22)30-31(38-42(39,40)27-15-13-23-7-1-2-9-25(23)20-27)36-37-32(30)41-18-6-5-10-26-14-12-24-8-3-4-11-28(24)35-26/h1-4,7-9,11-17,19-20H,5-6,10,18H2,(H2,36,37,38). The molecule has 0 fully saturated rings. The molecule has 3 aromatic carbocycles. The average molecular weight is 591 g/mol. The van der Waals surface area contributed by atoms with E-state index >= 15 is 0 Å². The Kier molecular flexibility index (Phi) is 7.86. The van der Waals surface area contributed by atoms with E-state index in [2.05, 4.69) is 44.2 Å². The van der Waals surface area contributed by atoms with E-state index in [0.29, 0.717) is 21.8 Å². The zero-order chi connectivity index (χ0) is 28.9. The van der Waals surface area contributed by atoms with Gasteiger partial charge in [-0.3, -0.25) is 19.8 Å². The summed E-state index contributed by atoms with van der Waals surface area (Å²) >= 11 is 1.52. The number of aromatic nitrogens is 4. The molecular weight excluding hydrogens is 565 g/mol. The van der Waals surface area contributed by atoms with Gasteiger partial charge in [0.2, 0.25) is 0 Å². The van der Waals surface area contributed by atoms with E-state index in [1.807, 2.05) is 42.5 Å². The molecule has 6 rings (SSSR count). The van der Waals surface area contributed by atoms with E-state index in [1.165, 1.54) is 18.0 Å². The lowest BCUT2D eigenvalue weighted by Crippen LogP contribution is -2.14. The number of H-pyrrole nitrogens is 1. The number of sulfonamides is 1. The summed E-state index contributed by atoms with van der Waals surface area (Å²) < 4.78 is 29.5. The molecule has 10 heteroatoms. The molecule has 2 N–H and O–H groups in total. The molecule has 0 saturated carbocycles. The van der Waals surface area contributed by atoms with E-state index in [-0.39, 0.29) is 10.7 Å². The fourth-order valence-electron chi connectivity index (χ4n) is 4.73. The third kappa shape index (κ3) is 5.98. The van der Waals surface area contributed by atoms with E-state index in [4.69, 9.17) is 4.98 Å². The van der Waals surface area contributed by atoms with Crippen LogP contribution < -0.4 is 4.72 Å². The maximum Gasteiger partial charge on any atom is 0.263 e. The number of benzene rings is 3. The predicted octanol–water partition coefficient (Wildman–Crippen LogP) is 6.96. The molecule has 0 aliphatic carbocycles. The van der Waals surface area contributed by atoms with Crippen LogP contribution in [0.2, 0.25) is 0 Å². The lowest BCUT2D eigenvalue weighted by molar-refractivity contribution is 0.601. The van der Waals surface area contributed by atoms with Gasteiger partial charge in [0.1, 0.15) is 10.8 Å². The minimum atomic E-state index is -3.94. The topological polar surface area (TPSA) is 124 Å². The Labute approximate surface area is 247 Å². The SMILES string of the molecule is N#Cc1ccnc(-c2c(SCCCCc3ccc4ccccc4n3)n[nH]c2NS(=O)(=O)c2ccc3ccccc3c2)c1. The van der Waals surface area contributed by atoms with Crippen LogP contribution in [0.5, 0.6) is 0 Å². The summed E-state index contributed by atoms with van der Waals surface area (Å²) in [5.74, 6) is 0.967. The smallest absolute Gasteiger partial charge is 0.263 e. The van der Waals surface area contributed by atoms with Gasteiger partial charge in [-0.05, 0) is 72.2 Å². The van der Waals surface area contributed by atoms with Gasteiger partial charge in [-0.2, -0.15) is 10.4 Å². The Morgan fingerprint density at radius 1 is 0.881 bits per heavy atom. The van der Waals surface area contributed by atoms with Gasteiger partial charge in [-0.15, -0.1) is 11.8 Å². The van der Waals surface area contributed by atoms with E-state index in [9.17, 15) is 13.7 Å². The lowest BCUT2D eigenvalue weighted by Gasteiger charge is -2.10. The minimum Gasteiger partial charge on any atom is -0.263 e. The van der Waals surface area contributed by atoms with Crippen LogP contribution in [-0.4, -0.2) is 34.3 Å². The predicted molar refractivity (Wildman–Crippen MR) is 167 cm³/mol. The number of aromatic amines is 1. The quantitative estimate of drug-likeness (QED) is 0.131. The normalized spacial score (nSPS) is 11.5. The summed E-state index contributed by atoms with van der Waals surface area (Å²) in [5.41, 5.74) is 3.45. The van der Waals surface area contributed by atoms with Gasteiger partial charge >= 0.3 is 0 Å². The molecule has 6 aromatic rings. The van der Waals surface area contributed by atoms with Gasteiger partial charge in [0.05, 0.1) is 33.3 Å². The number of fused-ring (bicyclic) bond motifs is 2. The molecule has 0 amide bonds. The number of aryl methyl sites for hydroxylation is 1. The zero-order valence-corrected chi connectivity index (χ0v) is 24.1. The van der Waals surface area contributed by atoms with Gasteiger partial charge in [0.15, 0.2) is 0 Å². The van der Waals surface area contributed by atoms with Crippen molar-refractivity contribution in [2.24, 2.45) is 0 Å². The number of pyridine rings is 2. The second-order valence-corrected chi connectivity index (χ2v) is 12.5.